The number of aliphatic imine (C=N–C) groups is 1. The first-order chi connectivity index (χ1) is 21.6. The van der Waals surface area contributed by atoms with Crippen molar-refractivity contribution in [3.8, 4) is 0 Å². The van der Waals surface area contributed by atoms with Gasteiger partial charge in [0.15, 0.2) is 0 Å². The Kier molecular flexibility index (Phi) is 16.2. The van der Waals surface area contributed by atoms with Crippen LogP contribution in [-0.4, -0.2) is 129 Å². The van der Waals surface area contributed by atoms with Gasteiger partial charge < -0.3 is 26.6 Å². The average Bonchev–Trinajstić information content (AvgIpc) is 3.01. The number of nitrogens with one attached hydrogen (secondary N) is 3. The first-order valence-electron chi connectivity index (χ1n) is 17.8. The van der Waals surface area contributed by atoms with Gasteiger partial charge in [-0.05, 0) is 46.1 Å². The number of nitrogens with zero attached hydrogens (tertiary/aromatic N) is 4. The lowest BCUT2D eigenvalue weighted by Gasteiger charge is -2.51. The van der Waals surface area contributed by atoms with Gasteiger partial charge in [0, 0.05) is 76.7 Å². The Balaban J connectivity index is 1.69. The summed E-state index contributed by atoms with van der Waals surface area (Å²) in [7, 11) is 2.14. The van der Waals surface area contributed by atoms with Gasteiger partial charge in [0.1, 0.15) is 18.2 Å². The van der Waals surface area contributed by atoms with Crippen LogP contribution >= 0.6 is 0 Å². The van der Waals surface area contributed by atoms with Gasteiger partial charge in [-0.3, -0.25) is 14.6 Å². The van der Waals surface area contributed by atoms with E-state index >= 15 is 8.78 Å². The van der Waals surface area contributed by atoms with Gasteiger partial charge in [-0.25, -0.2) is 13.8 Å². The van der Waals surface area contributed by atoms with Gasteiger partial charge in [0.25, 0.3) is 5.91 Å². The largest absolute Gasteiger partial charge is 0.383 e. The molecule has 3 fully saturated rings. The first kappa shape index (κ1) is 37.8. The molecular formula is C34H64F2N8O. The van der Waals surface area contributed by atoms with Crippen LogP contribution in [0.1, 0.15) is 86.0 Å². The molecule has 3 saturated heterocycles. The minimum atomic E-state index is -1.11. The highest BCUT2D eigenvalue weighted by Gasteiger charge is 2.43. The molecule has 0 saturated carbocycles. The zero-order valence-electron chi connectivity index (χ0n) is 29.1. The van der Waals surface area contributed by atoms with Crippen molar-refractivity contribution in [3.05, 3.63) is 11.4 Å². The molecule has 3 heterocycles. The van der Waals surface area contributed by atoms with Crippen molar-refractivity contribution in [2.45, 2.75) is 122 Å². The molecule has 0 spiro atoms. The maximum absolute atomic E-state index is 15.6. The average molecular weight is 639 g/mol. The van der Waals surface area contributed by atoms with E-state index in [2.05, 4.69) is 56.5 Å². The summed E-state index contributed by atoms with van der Waals surface area (Å²) in [6.07, 6.45) is 5.71. The summed E-state index contributed by atoms with van der Waals surface area (Å²) in [5.74, 6) is 0.313. The van der Waals surface area contributed by atoms with Crippen LogP contribution in [0.2, 0.25) is 0 Å². The normalized spacial score (nSPS) is 28.2. The quantitative estimate of drug-likeness (QED) is 0.143. The van der Waals surface area contributed by atoms with Crippen molar-refractivity contribution < 1.29 is 13.6 Å². The number of halogens is 2. The summed E-state index contributed by atoms with van der Waals surface area (Å²) in [4.78, 5) is 25.6. The number of amides is 1. The highest BCUT2D eigenvalue weighted by molar-refractivity contribution is 5.96. The lowest BCUT2D eigenvalue weighted by atomic mass is 9.91. The maximum atomic E-state index is 15.6. The van der Waals surface area contributed by atoms with Gasteiger partial charge in [-0.1, -0.05) is 52.9 Å². The molecule has 3 aliphatic rings. The zero-order chi connectivity index (χ0) is 32.9. The van der Waals surface area contributed by atoms with E-state index in [1.165, 1.54) is 6.42 Å². The first-order valence-corrected chi connectivity index (χ1v) is 17.8. The van der Waals surface area contributed by atoms with Crippen LogP contribution in [0.15, 0.2) is 16.4 Å². The number of hydrogen-bond donors (Lipinski definition) is 4. The molecular weight excluding hydrogens is 574 g/mol. The van der Waals surface area contributed by atoms with Gasteiger partial charge in [-0.15, -0.1) is 0 Å². The molecule has 45 heavy (non-hydrogen) atoms. The second-order valence-corrected chi connectivity index (χ2v) is 13.8. The Morgan fingerprint density at radius 2 is 1.76 bits per heavy atom. The highest BCUT2D eigenvalue weighted by atomic mass is 19.1. The monoisotopic (exact) mass is 639 g/mol. The SMILES string of the molecule is CCCCC(CCC)CCC(F)CNC(C)/C(C(=O)NC1CNCC(F)C1N1CCN2CCN(C)CC2C1)=C(/N)N=C(C)CC. The number of carbonyl (C=O) groups excluding carboxylic acids is 1. The van der Waals surface area contributed by atoms with E-state index in [4.69, 9.17) is 5.73 Å². The van der Waals surface area contributed by atoms with E-state index in [-0.39, 0.29) is 30.4 Å². The van der Waals surface area contributed by atoms with Crippen molar-refractivity contribution >= 4 is 11.6 Å². The lowest BCUT2D eigenvalue weighted by molar-refractivity contribution is -0.119. The smallest absolute Gasteiger partial charge is 0.252 e. The number of hydrogen-bond acceptors (Lipinski definition) is 8. The number of piperidine rings is 1. The van der Waals surface area contributed by atoms with Crippen molar-refractivity contribution in [2.75, 3.05) is 66.0 Å². The summed E-state index contributed by atoms with van der Waals surface area (Å²) in [6, 6.07) is -1.04. The molecule has 11 heteroatoms. The van der Waals surface area contributed by atoms with Crippen molar-refractivity contribution in [2.24, 2.45) is 16.6 Å². The summed E-state index contributed by atoms with van der Waals surface area (Å²) in [5, 5.41) is 9.55. The molecule has 7 atom stereocenters. The van der Waals surface area contributed by atoms with Crippen LogP contribution in [0, 0.1) is 5.92 Å². The lowest BCUT2D eigenvalue weighted by Crippen LogP contribution is -2.70. The van der Waals surface area contributed by atoms with Crippen LogP contribution in [0.5, 0.6) is 0 Å². The summed E-state index contributed by atoms with van der Waals surface area (Å²) in [5.41, 5.74) is 7.55. The standard InChI is InChI=1S/C34H64F2N8O/c1-7-10-12-26(11-8-2)13-14-27(35)19-39-25(5)31(33(37)40-24(4)9-3)34(45)41-30-21-38-20-29(36)32(30)44-18-17-43-16-15-42(6)22-28(43)23-44/h25-30,32,38-39H,7-23,37H2,1-6H3,(H,41,45)/b33-31+,40-24?. The summed E-state index contributed by atoms with van der Waals surface area (Å²) >= 11 is 0. The molecule has 1 amide bonds. The number of unbranched alkanes of at least 4 members (excludes halogenated alkanes) is 1. The van der Waals surface area contributed by atoms with Crippen LogP contribution in [0.4, 0.5) is 8.78 Å². The Labute approximate surface area is 272 Å². The fraction of sp³-hybridized carbons (Fsp3) is 0.882. The maximum Gasteiger partial charge on any atom is 0.252 e. The molecule has 0 aromatic heterocycles. The third-order valence-corrected chi connectivity index (χ3v) is 10.1. The van der Waals surface area contributed by atoms with E-state index in [0.29, 0.717) is 31.3 Å². The summed E-state index contributed by atoms with van der Waals surface area (Å²) in [6.45, 7) is 16.5. The zero-order valence-corrected chi connectivity index (χ0v) is 29.1. The molecule has 260 valence electrons. The van der Waals surface area contributed by atoms with Crippen molar-refractivity contribution in [3.63, 3.8) is 0 Å². The van der Waals surface area contributed by atoms with Gasteiger partial charge >= 0.3 is 0 Å². The van der Waals surface area contributed by atoms with Gasteiger partial charge in [0.2, 0.25) is 0 Å². The van der Waals surface area contributed by atoms with Crippen molar-refractivity contribution in [1.82, 2.24) is 30.7 Å². The molecule has 9 nitrogen and oxygen atoms in total. The molecule has 3 rings (SSSR count). The van der Waals surface area contributed by atoms with Gasteiger partial charge in [0.05, 0.1) is 17.7 Å². The highest BCUT2D eigenvalue weighted by Crippen LogP contribution is 2.24. The molecule has 0 aromatic carbocycles. The molecule has 0 bridgehead atoms. The third kappa shape index (κ3) is 11.5. The number of rotatable bonds is 17. The van der Waals surface area contributed by atoms with E-state index in [9.17, 15) is 4.79 Å². The molecule has 0 aromatic rings. The molecule has 5 N–H and O–H groups in total. The fourth-order valence-corrected chi connectivity index (χ4v) is 7.28. The Morgan fingerprint density at radius 1 is 1.02 bits per heavy atom. The number of fused-ring (bicyclic) bond motifs is 1. The van der Waals surface area contributed by atoms with Crippen LogP contribution in [0.3, 0.4) is 0 Å². The predicted molar refractivity (Wildman–Crippen MR) is 182 cm³/mol. The molecule has 7 unspecified atom stereocenters. The molecule has 3 aliphatic heterocycles. The van der Waals surface area contributed by atoms with E-state index in [1.807, 2.05) is 20.8 Å². The van der Waals surface area contributed by atoms with E-state index < -0.39 is 30.5 Å². The fourth-order valence-electron chi connectivity index (χ4n) is 7.28. The minimum Gasteiger partial charge on any atom is -0.383 e. The van der Waals surface area contributed by atoms with Crippen molar-refractivity contribution in [1.29, 1.82) is 0 Å². The van der Waals surface area contributed by atoms with Crippen LogP contribution < -0.4 is 21.7 Å². The molecule has 0 radical (unpaired) electrons. The van der Waals surface area contributed by atoms with Crippen LogP contribution in [0.25, 0.3) is 0 Å². The number of carbonyl (C=O) groups is 1. The second kappa shape index (κ2) is 19.2. The number of piperazine rings is 2. The second-order valence-electron chi connectivity index (χ2n) is 13.8. The topological polar surface area (TPSA) is 101 Å². The van der Waals surface area contributed by atoms with E-state index in [1.54, 1.807) is 0 Å². The van der Waals surface area contributed by atoms with Crippen LogP contribution in [-0.2, 0) is 4.79 Å². The third-order valence-electron chi connectivity index (χ3n) is 10.1. The summed E-state index contributed by atoms with van der Waals surface area (Å²) < 4.78 is 30.8. The Morgan fingerprint density at radius 3 is 2.47 bits per heavy atom. The Bertz CT molecular complexity index is 964. The number of nitrogens with two attached hydrogens (primary N) is 1. The van der Waals surface area contributed by atoms with E-state index in [0.717, 1.165) is 77.1 Å². The number of alkyl halides is 2. The predicted octanol–water partition coefficient (Wildman–Crippen LogP) is 3.46. The van der Waals surface area contributed by atoms with Gasteiger partial charge in [-0.2, -0.15) is 0 Å². The Hall–Kier alpha value is -1.66. The number of likely N-dealkylation sites (N-methyl/N-ethyl adjacent to an activating group) is 1. The minimum absolute atomic E-state index is 0.126. The molecule has 0 aliphatic carbocycles.